The number of hydrogen-bond acceptors (Lipinski definition) is 5. The van der Waals surface area contributed by atoms with Gasteiger partial charge < -0.3 is 15.7 Å². The predicted octanol–water partition coefficient (Wildman–Crippen LogP) is 0.0203. The first-order valence-electron chi connectivity index (χ1n) is 4.98. The molecule has 0 spiro atoms. The molecule has 0 aliphatic rings. The van der Waals surface area contributed by atoms with Crippen LogP contribution in [0, 0.1) is 0 Å². The Hall–Kier alpha value is -2.41. The molecule has 0 aliphatic carbocycles. The highest BCUT2D eigenvalue weighted by molar-refractivity contribution is 5.92. The summed E-state index contributed by atoms with van der Waals surface area (Å²) in [5.41, 5.74) is 3.38. The van der Waals surface area contributed by atoms with Crippen molar-refractivity contribution >= 4 is 11.6 Å². The Morgan fingerprint density at radius 2 is 2.29 bits per heavy atom. The van der Waals surface area contributed by atoms with Gasteiger partial charge in [-0.25, -0.2) is 4.98 Å². The summed E-state index contributed by atoms with van der Waals surface area (Å²) in [6.45, 7) is 0.327. The standard InChI is InChI=1S/C10H12N6O/c11-16-7-1-2-12-8(5-7)10(17)15-6-9-13-3-4-14-9/h1-5H,6,11H2,(H,12,16)(H,13,14)(H,15,17). The number of imidazole rings is 1. The van der Waals surface area contributed by atoms with Crippen molar-refractivity contribution in [3.63, 3.8) is 0 Å². The summed E-state index contributed by atoms with van der Waals surface area (Å²) in [4.78, 5) is 22.6. The highest BCUT2D eigenvalue weighted by atomic mass is 16.1. The number of hydrazine groups is 1. The average Bonchev–Trinajstić information content (AvgIpc) is 2.89. The van der Waals surface area contributed by atoms with E-state index < -0.39 is 0 Å². The third-order valence-corrected chi connectivity index (χ3v) is 2.13. The third kappa shape index (κ3) is 2.79. The first kappa shape index (κ1) is 11.1. The number of nitrogen functional groups attached to an aromatic ring is 1. The molecule has 0 bridgehead atoms. The Balaban J connectivity index is 1.99. The quantitative estimate of drug-likeness (QED) is 0.439. The fourth-order valence-electron chi connectivity index (χ4n) is 1.29. The van der Waals surface area contributed by atoms with Crippen molar-refractivity contribution in [3.05, 3.63) is 42.2 Å². The number of nitrogens with two attached hydrogens (primary N) is 1. The lowest BCUT2D eigenvalue weighted by Crippen LogP contribution is -2.24. The van der Waals surface area contributed by atoms with E-state index in [-0.39, 0.29) is 5.91 Å². The number of amides is 1. The van der Waals surface area contributed by atoms with Gasteiger partial charge in [-0.05, 0) is 12.1 Å². The van der Waals surface area contributed by atoms with Crippen LogP contribution in [-0.2, 0) is 6.54 Å². The van der Waals surface area contributed by atoms with Crippen LogP contribution in [0.15, 0.2) is 30.7 Å². The monoisotopic (exact) mass is 232 g/mol. The number of rotatable bonds is 4. The molecule has 0 unspecified atom stereocenters. The Bertz CT molecular complexity index is 495. The number of hydrogen-bond donors (Lipinski definition) is 4. The van der Waals surface area contributed by atoms with E-state index in [4.69, 9.17) is 5.84 Å². The second-order valence-corrected chi connectivity index (χ2v) is 3.29. The van der Waals surface area contributed by atoms with Crippen molar-refractivity contribution in [3.8, 4) is 0 Å². The smallest absolute Gasteiger partial charge is 0.270 e. The molecule has 2 aromatic heterocycles. The lowest BCUT2D eigenvalue weighted by atomic mass is 10.3. The molecule has 0 aliphatic heterocycles. The van der Waals surface area contributed by atoms with Crippen molar-refractivity contribution in [1.82, 2.24) is 20.3 Å². The molecule has 88 valence electrons. The first-order valence-corrected chi connectivity index (χ1v) is 4.98. The number of carbonyl (C=O) groups is 1. The lowest BCUT2D eigenvalue weighted by Gasteiger charge is -2.04. The molecular formula is C10H12N6O. The summed E-state index contributed by atoms with van der Waals surface area (Å²) in [6, 6.07) is 3.24. The van der Waals surface area contributed by atoms with E-state index in [1.165, 1.54) is 6.20 Å². The van der Waals surface area contributed by atoms with Crippen LogP contribution in [0.3, 0.4) is 0 Å². The van der Waals surface area contributed by atoms with E-state index in [1.54, 1.807) is 24.5 Å². The van der Waals surface area contributed by atoms with Gasteiger partial charge in [0.1, 0.15) is 11.5 Å². The van der Waals surface area contributed by atoms with E-state index in [1.807, 2.05) is 0 Å². The molecule has 2 rings (SSSR count). The molecule has 0 aromatic carbocycles. The molecular weight excluding hydrogens is 220 g/mol. The second kappa shape index (κ2) is 5.08. The maximum absolute atomic E-state index is 11.7. The Kier molecular flexibility index (Phi) is 3.31. The summed E-state index contributed by atoms with van der Waals surface area (Å²) < 4.78 is 0. The number of nitrogens with zero attached hydrogens (tertiary/aromatic N) is 2. The Morgan fingerprint density at radius 3 is 3.00 bits per heavy atom. The van der Waals surface area contributed by atoms with E-state index in [9.17, 15) is 4.79 Å². The molecule has 0 saturated heterocycles. The van der Waals surface area contributed by atoms with Gasteiger partial charge in [-0.15, -0.1) is 0 Å². The third-order valence-electron chi connectivity index (χ3n) is 2.13. The van der Waals surface area contributed by atoms with Gasteiger partial charge in [-0.3, -0.25) is 15.6 Å². The van der Waals surface area contributed by atoms with Crippen molar-refractivity contribution in [2.45, 2.75) is 6.54 Å². The van der Waals surface area contributed by atoms with Crippen LogP contribution >= 0.6 is 0 Å². The van der Waals surface area contributed by atoms with Gasteiger partial charge >= 0.3 is 0 Å². The van der Waals surface area contributed by atoms with Crippen molar-refractivity contribution < 1.29 is 4.79 Å². The second-order valence-electron chi connectivity index (χ2n) is 3.29. The van der Waals surface area contributed by atoms with Crippen LogP contribution in [0.25, 0.3) is 0 Å². The molecule has 2 heterocycles. The largest absolute Gasteiger partial charge is 0.347 e. The fraction of sp³-hybridized carbons (Fsp3) is 0.100. The first-order chi connectivity index (χ1) is 8.29. The van der Waals surface area contributed by atoms with Gasteiger partial charge in [0, 0.05) is 18.6 Å². The fourth-order valence-corrected chi connectivity index (χ4v) is 1.29. The van der Waals surface area contributed by atoms with Gasteiger partial charge in [-0.2, -0.15) is 0 Å². The highest BCUT2D eigenvalue weighted by Crippen LogP contribution is 2.05. The summed E-state index contributed by atoms with van der Waals surface area (Å²) in [5.74, 6) is 5.65. The van der Waals surface area contributed by atoms with Crippen molar-refractivity contribution in [2.24, 2.45) is 5.84 Å². The molecule has 1 amide bonds. The summed E-state index contributed by atoms with van der Waals surface area (Å²) in [5, 5.41) is 2.69. The average molecular weight is 232 g/mol. The zero-order valence-corrected chi connectivity index (χ0v) is 8.97. The van der Waals surface area contributed by atoms with Gasteiger partial charge in [-0.1, -0.05) is 0 Å². The topological polar surface area (TPSA) is 109 Å². The molecule has 0 atom stereocenters. The normalized spacial score (nSPS) is 9.94. The summed E-state index contributed by atoms with van der Waals surface area (Å²) in [7, 11) is 0. The minimum Gasteiger partial charge on any atom is -0.347 e. The molecule has 2 aromatic rings. The molecule has 0 radical (unpaired) electrons. The van der Waals surface area contributed by atoms with Crippen LogP contribution in [0.1, 0.15) is 16.3 Å². The minimum atomic E-state index is -0.279. The van der Waals surface area contributed by atoms with Gasteiger partial charge in [0.2, 0.25) is 0 Å². The number of carbonyl (C=O) groups excluding carboxylic acids is 1. The zero-order valence-electron chi connectivity index (χ0n) is 8.97. The number of aromatic nitrogens is 3. The van der Waals surface area contributed by atoms with E-state index in [0.717, 1.165) is 0 Å². The SMILES string of the molecule is NNc1ccnc(C(=O)NCc2ncc[nH]2)c1. The van der Waals surface area contributed by atoms with Crippen molar-refractivity contribution in [2.75, 3.05) is 5.43 Å². The maximum atomic E-state index is 11.7. The molecule has 7 heteroatoms. The molecule has 0 fully saturated rings. The minimum absolute atomic E-state index is 0.279. The van der Waals surface area contributed by atoms with E-state index in [0.29, 0.717) is 23.8 Å². The molecule has 0 saturated carbocycles. The number of nitrogens with one attached hydrogen (secondary N) is 3. The molecule has 7 nitrogen and oxygen atoms in total. The number of anilines is 1. The van der Waals surface area contributed by atoms with Crippen LogP contribution in [0.2, 0.25) is 0 Å². The number of pyridine rings is 1. The van der Waals surface area contributed by atoms with Crippen LogP contribution < -0.4 is 16.6 Å². The van der Waals surface area contributed by atoms with Crippen LogP contribution in [0.5, 0.6) is 0 Å². The highest BCUT2D eigenvalue weighted by Gasteiger charge is 2.07. The lowest BCUT2D eigenvalue weighted by molar-refractivity contribution is 0.0945. The maximum Gasteiger partial charge on any atom is 0.270 e. The zero-order chi connectivity index (χ0) is 12.1. The summed E-state index contributed by atoms with van der Waals surface area (Å²) in [6.07, 6.45) is 4.83. The predicted molar refractivity (Wildman–Crippen MR) is 61.8 cm³/mol. The number of H-pyrrole nitrogens is 1. The van der Waals surface area contributed by atoms with Crippen molar-refractivity contribution in [1.29, 1.82) is 0 Å². The van der Waals surface area contributed by atoms with E-state index in [2.05, 4.69) is 25.7 Å². The van der Waals surface area contributed by atoms with Crippen LogP contribution in [0.4, 0.5) is 5.69 Å². The van der Waals surface area contributed by atoms with Gasteiger partial charge in [0.15, 0.2) is 0 Å². The molecule has 5 N–H and O–H groups in total. The molecule has 17 heavy (non-hydrogen) atoms. The summed E-state index contributed by atoms with van der Waals surface area (Å²) >= 11 is 0. The Labute approximate surface area is 97.4 Å². The van der Waals surface area contributed by atoms with Gasteiger partial charge in [0.25, 0.3) is 5.91 Å². The van der Waals surface area contributed by atoms with Gasteiger partial charge in [0.05, 0.1) is 12.2 Å². The van der Waals surface area contributed by atoms with Crippen LogP contribution in [-0.4, -0.2) is 20.9 Å². The Morgan fingerprint density at radius 1 is 1.41 bits per heavy atom. The number of aromatic amines is 1. The van der Waals surface area contributed by atoms with E-state index >= 15 is 0 Å².